The average Bonchev–Trinajstić information content (AvgIpc) is 2.83. The van der Waals surface area contributed by atoms with Gasteiger partial charge in [0.05, 0.1) is 5.56 Å². The molecule has 0 radical (unpaired) electrons. The zero-order chi connectivity index (χ0) is 14.8. The summed E-state index contributed by atoms with van der Waals surface area (Å²) in [6.07, 6.45) is -1.31. The summed E-state index contributed by atoms with van der Waals surface area (Å²) in [5.74, 6) is 0.631. The Balaban J connectivity index is 2.06. The number of nitrogens with one attached hydrogen (secondary N) is 1. The minimum Gasteiger partial charge on any atom is -0.352 e. The van der Waals surface area contributed by atoms with Crippen molar-refractivity contribution >= 4 is 5.82 Å². The van der Waals surface area contributed by atoms with Crippen molar-refractivity contribution in [2.45, 2.75) is 44.9 Å². The molecule has 1 saturated heterocycles. The lowest BCUT2D eigenvalue weighted by Gasteiger charge is -2.27. The van der Waals surface area contributed by atoms with Crippen molar-refractivity contribution in [2.75, 3.05) is 18.0 Å². The fourth-order valence-electron chi connectivity index (χ4n) is 2.44. The van der Waals surface area contributed by atoms with Crippen LogP contribution in [0.5, 0.6) is 0 Å². The monoisotopic (exact) mass is 287 g/mol. The molecule has 1 fully saturated rings. The molecule has 1 aliphatic heterocycles. The molecule has 1 aliphatic rings. The van der Waals surface area contributed by atoms with Gasteiger partial charge in [-0.05, 0) is 25.0 Å². The molecule has 3 nitrogen and oxygen atoms in total. The molecule has 0 aromatic carbocycles. The molecular formula is C14H20F3N3. The fraction of sp³-hybridized carbons (Fsp3) is 0.643. The van der Waals surface area contributed by atoms with Crippen LogP contribution in [0.1, 0.15) is 32.3 Å². The van der Waals surface area contributed by atoms with Crippen LogP contribution < -0.4 is 10.2 Å². The highest BCUT2D eigenvalue weighted by atomic mass is 19.4. The van der Waals surface area contributed by atoms with Gasteiger partial charge in [0.2, 0.25) is 0 Å². The molecule has 2 rings (SSSR count). The van der Waals surface area contributed by atoms with Gasteiger partial charge in [-0.25, -0.2) is 4.98 Å². The van der Waals surface area contributed by atoms with Gasteiger partial charge in [0.1, 0.15) is 5.82 Å². The van der Waals surface area contributed by atoms with E-state index in [4.69, 9.17) is 0 Å². The van der Waals surface area contributed by atoms with Crippen LogP contribution in [0.15, 0.2) is 18.3 Å². The lowest BCUT2D eigenvalue weighted by molar-refractivity contribution is -0.137. The maximum Gasteiger partial charge on any atom is 0.417 e. The van der Waals surface area contributed by atoms with Gasteiger partial charge >= 0.3 is 6.18 Å². The van der Waals surface area contributed by atoms with Crippen LogP contribution in [0.2, 0.25) is 0 Å². The van der Waals surface area contributed by atoms with Gasteiger partial charge in [-0.3, -0.25) is 0 Å². The van der Waals surface area contributed by atoms with Crippen LogP contribution in [0.4, 0.5) is 19.0 Å². The third kappa shape index (κ3) is 3.62. The quantitative estimate of drug-likeness (QED) is 0.922. The van der Waals surface area contributed by atoms with E-state index in [0.29, 0.717) is 17.9 Å². The third-order valence-electron chi connectivity index (χ3n) is 3.51. The Morgan fingerprint density at radius 1 is 1.40 bits per heavy atom. The number of aromatic nitrogens is 1. The van der Waals surface area contributed by atoms with Gasteiger partial charge in [0.25, 0.3) is 0 Å². The number of hydrogen-bond donors (Lipinski definition) is 1. The number of halogens is 3. The minimum atomic E-state index is -4.32. The fourth-order valence-corrected chi connectivity index (χ4v) is 2.44. The smallest absolute Gasteiger partial charge is 0.352 e. The topological polar surface area (TPSA) is 28.2 Å². The Hall–Kier alpha value is -1.30. The van der Waals surface area contributed by atoms with Crippen LogP contribution in [0.3, 0.4) is 0 Å². The molecule has 0 spiro atoms. The Bertz CT molecular complexity index is 428. The van der Waals surface area contributed by atoms with Crippen molar-refractivity contribution < 1.29 is 13.2 Å². The molecule has 6 heteroatoms. The number of anilines is 1. The van der Waals surface area contributed by atoms with Gasteiger partial charge in [0, 0.05) is 31.4 Å². The molecule has 1 unspecified atom stereocenters. The number of nitrogens with zero attached hydrogens (tertiary/aromatic N) is 2. The van der Waals surface area contributed by atoms with E-state index < -0.39 is 11.7 Å². The van der Waals surface area contributed by atoms with E-state index in [1.807, 2.05) is 0 Å². The summed E-state index contributed by atoms with van der Waals surface area (Å²) in [5.41, 5.74) is -0.697. The first kappa shape index (κ1) is 15.1. The second-order valence-corrected chi connectivity index (χ2v) is 5.46. The molecule has 0 aliphatic carbocycles. The highest BCUT2D eigenvalue weighted by molar-refractivity contribution is 5.42. The first-order valence-corrected chi connectivity index (χ1v) is 6.91. The van der Waals surface area contributed by atoms with E-state index in [-0.39, 0.29) is 0 Å². The number of rotatable bonds is 4. The summed E-state index contributed by atoms with van der Waals surface area (Å²) < 4.78 is 37.6. The predicted molar refractivity (Wildman–Crippen MR) is 72.7 cm³/mol. The van der Waals surface area contributed by atoms with Crippen molar-refractivity contribution in [2.24, 2.45) is 0 Å². The normalized spacial score (nSPS) is 19.9. The van der Waals surface area contributed by atoms with E-state index in [1.165, 1.54) is 6.07 Å². The molecule has 0 saturated carbocycles. The third-order valence-corrected chi connectivity index (χ3v) is 3.51. The predicted octanol–water partition coefficient (Wildman–Crippen LogP) is 3.07. The first-order valence-electron chi connectivity index (χ1n) is 6.91. The summed E-state index contributed by atoms with van der Waals surface area (Å²) in [4.78, 5) is 6.08. The van der Waals surface area contributed by atoms with Crippen LogP contribution in [0, 0.1) is 0 Å². The molecular weight excluding hydrogens is 267 g/mol. The summed E-state index contributed by atoms with van der Waals surface area (Å²) in [5, 5.41) is 3.37. The van der Waals surface area contributed by atoms with Crippen molar-refractivity contribution in [3.63, 3.8) is 0 Å². The van der Waals surface area contributed by atoms with Crippen LogP contribution in [-0.2, 0) is 6.18 Å². The van der Waals surface area contributed by atoms with Gasteiger partial charge in [-0.15, -0.1) is 0 Å². The van der Waals surface area contributed by atoms with Gasteiger partial charge in [-0.2, -0.15) is 13.2 Å². The second-order valence-electron chi connectivity index (χ2n) is 5.46. The highest BCUT2D eigenvalue weighted by Crippen LogP contribution is 2.30. The Morgan fingerprint density at radius 2 is 2.15 bits per heavy atom. The van der Waals surface area contributed by atoms with Crippen LogP contribution >= 0.6 is 0 Å². The van der Waals surface area contributed by atoms with Crippen molar-refractivity contribution in [1.82, 2.24) is 10.3 Å². The van der Waals surface area contributed by atoms with Crippen molar-refractivity contribution in [1.29, 1.82) is 0 Å². The van der Waals surface area contributed by atoms with Crippen LogP contribution in [-0.4, -0.2) is 30.2 Å². The maximum atomic E-state index is 12.5. The lowest BCUT2D eigenvalue weighted by atomic mass is 10.2. The number of alkyl halides is 3. The second kappa shape index (κ2) is 5.99. The molecule has 20 heavy (non-hydrogen) atoms. The summed E-state index contributed by atoms with van der Waals surface area (Å²) in [6.45, 7) is 5.84. The van der Waals surface area contributed by atoms with Gasteiger partial charge in [-0.1, -0.05) is 13.8 Å². The molecule has 0 bridgehead atoms. The van der Waals surface area contributed by atoms with Gasteiger partial charge in [0.15, 0.2) is 0 Å². The Morgan fingerprint density at radius 3 is 2.70 bits per heavy atom. The standard InChI is InChI=1S/C14H20F3N3/c1-10(2)18-9-12-4-3-7-20(12)13-6-5-11(8-19-13)14(15,16)17/h5-6,8,10,12,18H,3-4,7,9H2,1-2H3. The zero-order valence-corrected chi connectivity index (χ0v) is 11.7. The molecule has 1 N–H and O–H groups in total. The molecule has 1 atom stereocenters. The highest BCUT2D eigenvalue weighted by Gasteiger charge is 2.31. The first-order chi connectivity index (χ1) is 9.38. The molecule has 0 amide bonds. The number of pyridine rings is 1. The van der Waals surface area contributed by atoms with Gasteiger partial charge < -0.3 is 10.2 Å². The van der Waals surface area contributed by atoms with E-state index in [2.05, 4.69) is 29.0 Å². The summed E-state index contributed by atoms with van der Waals surface area (Å²) >= 11 is 0. The zero-order valence-electron chi connectivity index (χ0n) is 11.7. The largest absolute Gasteiger partial charge is 0.417 e. The Kier molecular flexibility index (Phi) is 4.52. The minimum absolute atomic E-state index is 0.307. The Labute approximate surface area is 117 Å². The SMILES string of the molecule is CC(C)NCC1CCCN1c1ccc(C(F)(F)F)cn1. The molecule has 2 heterocycles. The van der Waals surface area contributed by atoms with E-state index >= 15 is 0 Å². The van der Waals surface area contributed by atoms with E-state index in [0.717, 1.165) is 38.2 Å². The van der Waals surface area contributed by atoms with E-state index in [9.17, 15) is 13.2 Å². The number of hydrogen-bond acceptors (Lipinski definition) is 3. The molecule has 112 valence electrons. The van der Waals surface area contributed by atoms with Crippen LogP contribution in [0.25, 0.3) is 0 Å². The lowest BCUT2D eigenvalue weighted by Crippen LogP contribution is -2.40. The van der Waals surface area contributed by atoms with Crippen molar-refractivity contribution in [3.8, 4) is 0 Å². The van der Waals surface area contributed by atoms with Crippen molar-refractivity contribution in [3.05, 3.63) is 23.9 Å². The molecule has 1 aromatic heterocycles. The summed E-state index contributed by atoms with van der Waals surface area (Å²) in [7, 11) is 0. The van der Waals surface area contributed by atoms with E-state index in [1.54, 1.807) is 0 Å². The average molecular weight is 287 g/mol. The maximum absolute atomic E-state index is 12.5. The molecule has 1 aromatic rings. The summed E-state index contributed by atoms with van der Waals surface area (Å²) in [6, 6.07) is 3.28.